The van der Waals surface area contributed by atoms with Crippen LogP contribution in [0.15, 0.2) is 24.5 Å². The largest absolute Gasteiger partial charge is 0.497 e. The SMILES string of the molecule is COc1ccc2c(NCCN(C)C)ncnc2c1. The molecule has 0 atom stereocenters. The second-order valence-corrected chi connectivity index (χ2v) is 4.34. The molecule has 5 heteroatoms. The van der Waals surface area contributed by atoms with Crippen molar-refractivity contribution in [3.63, 3.8) is 0 Å². The van der Waals surface area contributed by atoms with E-state index in [1.54, 1.807) is 13.4 Å². The number of benzene rings is 1. The first kappa shape index (κ1) is 12.6. The average Bonchev–Trinajstić information content (AvgIpc) is 2.38. The molecule has 1 N–H and O–H groups in total. The Morgan fingerprint density at radius 1 is 1.28 bits per heavy atom. The molecular formula is C13H18N4O. The summed E-state index contributed by atoms with van der Waals surface area (Å²) in [5.41, 5.74) is 0.886. The van der Waals surface area contributed by atoms with E-state index in [9.17, 15) is 0 Å². The fourth-order valence-corrected chi connectivity index (χ4v) is 1.70. The van der Waals surface area contributed by atoms with Crippen LogP contribution in [-0.2, 0) is 0 Å². The van der Waals surface area contributed by atoms with Crippen molar-refractivity contribution in [2.45, 2.75) is 0 Å². The molecule has 0 saturated heterocycles. The third-order valence-electron chi connectivity index (χ3n) is 2.70. The molecule has 0 aliphatic rings. The minimum absolute atomic E-state index is 0.806. The fourth-order valence-electron chi connectivity index (χ4n) is 1.70. The second-order valence-electron chi connectivity index (χ2n) is 4.34. The zero-order valence-electron chi connectivity index (χ0n) is 11.0. The van der Waals surface area contributed by atoms with Gasteiger partial charge in [0.1, 0.15) is 17.9 Å². The van der Waals surface area contributed by atoms with Gasteiger partial charge in [0.15, 0.2) is 0 Å². The molecule has 1 heterocycles. The van der Waals surface area contributed by atoms with Crippen LogP contribution in [0.1, 0.15) is 0 Å². The van der Waals surface area contributed by atoms with Gasteiger partial charge in [-0.05, 0) is 26.2 Å². The van der Waals surface area contributed by atoms with E-state index in [-0.39, 0.29) is 0 Å². The van der Waals surface area contributed by atoms with Crippen molar-refractivity contribution in [2.75, 3.05) is 39.6 Å². The van der Waals surface area contributed by atoms with Gasteiger partial charge in [-0.25, -0.2) is 9.97 Å². The van der Waals surface area contributed by atoms with Crippen LogP contribution in [0.2, 0.25) is 0 Å². The van der Waals surface area contributed by atoms with Gasteiger partial charge in [-0.3, -0.25) is 0 Å². The number of anilines is 1. The molecular weight excluding hydrogens is 228 g/mol. The standard InChI is InChI=1S/C13H18N4O/c1-17(2)7-6-14-13-11-5-4-10(18-3)8-12(11)15-9-16-13/h4-5,8-9H,6-7H2,1-3H3,(H,14,15,16). The van der Waals surface area contributed by atoms with Crippen molar-refractivity contribution in [3.05, 3.63) is 24.5 Å². The summed E-state index contributed by atoms with van der Waals surface area (Å²) in [5, 5.41) is 4.33. The molecule has 0 unspecified atom stereocenters. The number of nitrogens with zero attached hydrogens (tertiary/aromatic N) is 3. The first-order chi connectivity index (χ1) is 8.70. The molecule has 1 aromatic heterocycles. The molecule has 2 rings (SSSR count). The fraction of sp³-hybridized carbons (Fsp3) is 0.385. The first-order valence-electron chi connectivity index (χ1n) is 5.88. The maximum Gasteiger partial charge on any atom is 0.137 e. The van der Waals surface area contributed by atoms with Crippen molar-refractivity contribution in [1.82, 2.24) is 14.9 Å². The van der Waals surface area contributed by atoms with Gasteiger partial charge in [0.05, 0.1) is 12.6 Å². The molecule has 18 heavy (non-hydrogen) atoms. The second kappa shape index (κ2) is 5.64. The summed E-state index contributed by atoms with van der Waals surface area (Å²) in [4.78, 5) is 10.7. The Kier molecular flexibility index (Phi) is 3.94. The van der Waals surface area contributed by atoms with Crippen molar-refractivity contribution in [1.29, 1.82) is 0 Å². The molecule has 0 amide bonds. The summed E-state index contributed by atoms with van der Waals surface area (Å²) in [7, 11) is 5.74. The van der Waals surface area contributed by atoms with Crippen molar-refractivity contribution < 1.29 is 4.74 Å². The lowest BCUT2D eigenvalue weighted by atomic mass is 10.2. The third kappa shape index (κ3) is 2.87. The molecule has 5 nitrogen and oxygen atoms in total. The van der Waals surface area contributed by atoms with Gasteiger partial charge in [0.2, 0.25) is 0 Å². The van der Waals surface area contributed by atoms with Crippen LogP contribution in [0.5, 0.6) is 5.75 Å². The van der Waals surface area contributed by atoms with Crippen LogP contribution in [0, 0.1) is 0 Å². The molecule has 96 valence electrons. The van der Waals surface area contributed by atoms with Crippen molar-refractivity contribution in [2.24, 2.45) is 0 Å². The van der Waals surface area contributed by atoms with E-state index in [4.69, 9.17) is 4.74 Å². The summed E-state index contributed by atoms with van der Waals surface area (Å²) in [6, 6.07) is 5.81. The van der Waals surface area contributed by atoms with Crippen LogP contribution >= 0.6 is 0 Å². The van der Waals surface area contributed by atoms with E-state index in [2.05, 4.69) is 20.2 Å². The highest BCUT2D eigenvalue weighted by atomic mass is 16.5. The highest BCUT2D eigenvalue weighted by molar-refractivity contribution is 5.89. The molecule has 0 saturated carbocycles. The Hall–Kier alpha value is -1.88. The van der Waals surface area contributed by atoms with Gasteiger partial charge in [-0.1, -0.05) is 0 Å². The predicted molar refractivity (Wildman–Crippen MR) is 73.1 cm³/mol. The Morgan fingerprint density at radius 3 is 2.83 bits per heavy atom. The molecule has 0 aliphatic heterocycles. The van der Waals surface area contributed by atoms with Crippen LogP contribution < -0.4 is 10.1 Å². The van der Waals surface area contributed by atoms with Crippen LogP contribution in [0.4, 0.5) is 5.82 Å². The number of hydrogen-bond donors (Lipinski definition) is 1. The number of nitrogens with one attached hydrogen (secondary N) is 1. The Balaban J connectivity index is 2.22. The Labute approximate surface area is 107 Å². The number of hydrogen-bond acceptors (Lipinski definition) is 5. The molecule has 0 radical (unpaired) electrons. The average molecular weight is 246 g/mol. The van der Waals surface area contributed by atoms with Crippen molar-refractivity contribution in [3.8, 4) is 5.75 Å². The molecule has 0 bridgehead atoms. The number of methoxy groups -OCH3 is 1. The lowest BCUT2D eigenvalue weighted by molar-refractivity contribution is 0.415. The Morgan fingerprint density at radius 2 is 2.11 bits per heavy atom. The molecule has 2 aromatic rings. The van der Waals surface area contributed by atoms with Gasteiger partial charge in [-0.15, -0.1) is 0 Å². The van der Waals surface area contributed by atoms with Gasteiger partial charge in [0, 0.05) is 24.5 Å². The molecule has 0 spiro atoms. The summed E-state index contributed by atoms with van der Waals surface area (Å²) >= 11 is 0. The first-order valence-corrected chi connectivity index (χ1v) is 5.88. The molecule has 0 aliphatic carbocycles. The summed E-state index contributed by atoms with van der Waals surface area (Å²) in [5.74, 6) is 1.67. The molecule has 1 aromatic carbocycles. The van der Waals surface area contributed by atoms with E-state index in [0.29, 0.717) is 0 Å². The normalized spacial score (nSPS) is 10.9. The number of aromatic nitrogens is 2. The summed E-state index contributed by atoms with van der Waals surface area (Å²) < 4.78 is 5.19. The summed E-state index contributed by atoms with van der Waals surface area (Å²) in [6.45, 7) is 1.81. The number of likely N-dealkylation sites (N-methyl/N-ethyl adjacent to an activating group) is 1. The zero-order valence-corrected chi connectivity index (χ0v) is 11.0. The van der Waals surface area contributed by atoms with Gasteiger partial charge < -0.3 is 15.0 Å². The highest BCUT2D eigenvalue weighted by Crippen LogP contribution is 2.23. The predicted octanol–water partition coefficient (Wildman–Crippen LogP) is 1.61. The quantitative estimate of drug-likeness (QED) is 0.868. The van der Waals surface area contributed by atoms with Crippen molar-refractivity contribution >= 4 is 16.7 Å². The lowest BCUT2D eigenvalue weighted by Gasteiger charge is -2.12. The van der Waals surface area contributed by atoms with E-state index in [0.717, 1.165) is 35.6 Å². The maximum atomic E-state index is 5.19. The van der Waals surface area contributed by atoms with Crippen LogP contribution in [-0.4, -0.2) is 49.2 Å². The monoisotopic (exact) mass is 246 g/mol. The van der Waals surface area contributed by atoms with Gasteiger partial charge in [-0.2, -0.15) is 0 Å². The number of rotatable bonds is 5. The third-order valence-corrected chi connectivity index (χ3v) is 2.70. The van der Waals surface area contributed by atoms with Crippen LogP contribution in [0.3, 0.4) is 0 Å². The molecule has 0 fully saturated rings. The lowest BCUT2D eigenvalue weighted by Crippen LogP contribution is -2.21. The topological polar surface area (TPSA) is 50.3 Å². The van der Waals surface area contributed by atoms with E-state index < -0.39 is 0 Å². The number of fused-ring (bicyclic) bond motifs is 1. The maximum absolute atomic E-state index is 5.19. The summed E-state index contributed by atoms with van der Waals surface area (Å²) in [6.07, 6.45) is 1.57. The number of ether oxygens (including phenoxy) is 1. The van der Waals surface area contributed by atoms with E-state index in [1.807, 2.05) is 32.3 Å². The minimum atomic E-state index is 0.806. The van der Waals surface area contributed by atoms with Gasteiger partial charge >= 0.3 is 0 Å². The van der Waals surface area contributed by atoms with E-state index >= 15 is 0 Å². The van der Waals surface area contributed by atoms with Crippen LogP contribution in [0.25, 0.3) is 10.9 Å². The zero-order chi connectivity index (χ0) is 13.0. The smallest absolute Gasteiger partial charge is 0.137 e. The highest BCUT2D eigenvalue weighted by Gasteiger charge is 2.04. The van der Waals surface area contributed by atoms with Gasteiger partial charge in [0.25, 0.3) is 0 Å². The van der Waals surface area contributed by atoms with E-state index in [1.165, 1.54) is 0 Å². The Bertz CT molecular complexity index is 527. The minimum Gasteiger partial charge on any atom is -0.497 e.